The number of carbonyl (C=O) groups excluding carboxylic acids is 4. The Morgan fingerprint density at radius 2 is 0.614 bits per heavy atom. The molecule has 0 spiro atoms. The van der Waals surface area contributed by atoms with Crippen molar-refractivity contribution in [1.29, 1.82) is 0 Å². The van der Waals surface area contributed by atoms with Crippen LogP contribution in [0.2, 0.25) is 0 Å². The van der Waals surface area contributed by atoms with Gasteiger partial charge in [-0.3, -0.25) is 37.3 Å². The molecule has 492 valence electrons. The highest BCUT2D eigenvalue weighted by atomic mass is 31.2. The molecule has 0 aliphatic carbocycles. The topological polar surface area (TPSA) is 237 Å². The molecule has 0 fully saturated rings. The number of phosphoric ester groups is 2. The van der Waals surface area contributed by atoms with Gasteiger partial charge in [-0.2, -0.15) is 0 Å². The van der Waals surface area contributed by atoms with Crippen LogP contribution in [0.4, 0.5) is 0 Å². The molecular formula is C64H124O17P2. The standard InChI is InChI=1S/C64H124O17P2/c1-8-11-12-28-38-45-61(66)74-51-59(80-64(69)48-41-34-27-21-19-24-31-37-44-57(7)10-3)53-78-82(70,71)76-49-58(65)50-77-83(72,73)79-54-60(52-75-62(67)46-39-32-25-20-18-23-30-36-43-56(6)9-2)81-63(68)47-40-33-26-17-15-13-14-16-22-29-35-42-55(4)5/h55-60,65H,8-54H2,1-7H3,(H,70,71)(H,72,73)/t56?,57?,58-,59+,60+/m0/s1. The molecule has 0 aromatic rings. The van der Waals surface area contributed by atoms with Crippen LogP contribution in [0.15, 0.2) is 0 Å². The fourth-order valence-corrected chi connectivity index (χ4v) is 11.0. The third-order valence-corrected chi connectivity index (χ3v) is 17.3. The van der Waals surface area contributed by atoms with Gasteiger partial charge in [0, 0.05) is 25.7 Å². The fraction of sp³-hybridized carbons (Fsp3) is 0.938. The van der Waals surface area contributed by atoms with Gasteiger partial charge < -0.3 is 33.8 Å². The summed E-state index contributed by atoms with van der Waals surface area (Å²) in [6.45, 7) is 11.7. The molecule has 0 amide bonds. The van der Waals surface area contributed by atoms with Crippen molar-refractivity contribution in [3.63, 3.8) is 0 Å². The number of aliphatic hydroxyl groups excluding tert-OH is 1. The van der Waals surface area contributed by atoms with Gasteiger partial charge in [-0.1, -0.05) is 260 Å². The summed E-state index contributed by atoms with van der Waals surface area (Å²) in [6.07, 6.45) is 36.4. The van der Waals surface area contributed by atoms with E-state index >= 15 is 0 Å². The van der Waals surface area contributed by atoms with E-state index in [-0.39, 0.29) is 25.7 Å². The first-order valence-corrected chi connectivity index (χ1v) is 36.4. The first-order valence-electron chi connectivity index (χ1n) is 33.4. The number of phosphoric acid groups is 2. The van der Waals surface area contributed by atoms with Crippen molar-refractivity contribution >= 4 is 39.5 Å². The van der Waals surface area contributed by atoms with Crippen LogP contribution < -0.4 is 0 Å². The number of hydrogen-bond donors (Lipinski definition) is 3. The van der Waals surface area contributed by atoms with Gasteiger partial charge in [-0.25, -0.2) is 9.13 Å². The average molecular weight is 1230 g/mol. The summed E-state index contributed by atoms with van der Waals surface area (Å²) >= 11 is 0. The fourth-order valence-electron chi connectivity index (χ4n) is 9.42. The van der Waals surface area contributed by atoms with Gasteiger partial charge in [-0.05, 0) is 43.4 Å². The average Bonchev–Trinajstić information content (AvgIpc) is 3.45. The Kier molecular flexibility index (Phi) is 54.1. The molecule has 0 heterocycles. The van der Waals surface area contributed by atoms with Gasteiger partial charge in [0.15, 0.2) is 12.2 Å². The Bertz CT molecular complexity index is 1650. The minimum Gasteiger partial charge on any atom is -0.462 e. The lowest BCUT2D eigenvalue weighted by atomic mass is 9.99. The van der Waals surface area contributed by atoms with Crippen LogP contribution in [0.1, 0.15) is 312 Å². The molecule has 0 aliphatic heterocycles. The molecule has 17 nitrogen and oxygen atoms in total. The molecule has 0 aromatic carbocycles. The molecule has 7 atom stereocenters. The van der Waals surface area contributed by atoms with E-state index in [0.717, 1.165) is 114 Å². The van der Waals surface area contributed by atoms with Gasteiger partial charge >= 0.3 is 39.5 Å². The van der Waals surface area contributed by atoms with E-state index in [0.29, 0.717) is 25.7 Å². The Hall–Kier alpha value is -1.94. The third-order valence-electron chi connectivity index (χ3n) is 15.4. The van der Waals surface area contributed by atoms with Gasteiger partial charge in [0.1, 0.15) is 19.3 Å². The second-order valence-corrected chi connectivity index (χ2v) is 27.0. The van der Waals surface area contributed by atoms with Crippen molar-refractivity contribution < 1.29 is 80.2 Å². The zero-order chi connectivity index (χ0) is 61.7. The van der Waals surface area contributed by atoms with Crippen LogP contribution in [-0.4, -0.2) is 96.7 Å². The van der Waals surface area contributed by atoms with Crippen LogP contribution in [0.5, 0.6) is 0 Å². The van der Waals surface area contributed by atoms with Gasteiger partial charge in [0.25, 0.3) is 0 Å². The maximum Gasteiger partial charge on any atom is 0.472 e. The molecule has 0 saturated heterocycles. The second-order valence-electron chi connectivity index (χ2n) is 24.1. The summed E-state index contributed by atoms with van der Waals surface area (Å²) in [6, 6.07) is 0. The summed E-state index contributed by atoms with van der Waals surface area (Å²) in [4.78, 5) is 72.0. The Morgan fingerprint density at radius 3 is 0.916 bits per heavy atom. The Labute approximate surface area is 505 Å². The lowest BCUT2D eigenvalue weighted by Gasteiger charge is -2.21. The van der Waals surface area contributed by atoms with E-state index in [1.807, 2.05) is 0 Å². The van der Waals surface area contributed by atoms with Crippen molar-refractivity contribution in [3.05, 3.63) is 0 Å². The predicted molar refractivity (Wildman–Crippen MR) is 331 cm³/mol. The summed E-state index contributed by atoms with van der Waals surface area (Å²) < 4.78 is 67.8. The quantitative estimate of drug-likeness (QED) is 0.0222. The van der Waals surface area contributed by atoms with Crippen molar-refractivity contribution in [2.24, 2.45) is 17.8 Å². The summed E-state index contributed by atoms with van der Waals surface area (Å²) in [5.41, 5.74) is 0. The van der Waals surface area contributed by atoms with E-state index in [4.69, 9.17) is 37.0 Å². The predicted octanol–water partition coefficient (Wildman–Crippen LogP) is 17.5. The van der Waals surface area contributed by atoms with Crippen LogP contribution in [0.3, 0.4) is 0 Å². The smallest absolute Gasteiger partial charge is 0.462 e. The zero-order valence-corrected chi connectivity index (χ0v) is 55.4. The van der Waals surface area contributed by atoms with E-state index in [1.54, 1.807) is 0 Å². The Balaban J connectivity index is 5.20. The van der Waals surface area contributed by atoms with Gasteiger partial charge in [-0.15, -0.1) is 0 Å². The molecule has 0 radical (unpaired) electrons. The van der Waals surface area contributed by atoms with Crippen LogP contribution in [0.25, 0.3) is 0 Å². The SMILES string of the molecule is CCCCCCCC(=O)OC[C@H](COP(=O)(O)OC[C@H](O)COP(=O)(O)OC[C@@H](COC(=O)CCCCCCCCCCC(C)CC)OC(=O)CCCCCCCCCCCCCC(C)C)OC(=O)CCCCCCCCCCC(C)CC. The first kappa shape index (κ1) is 81.1. The molecule has 3 N–H and O–H groups in total. The highest BCUT2D eigenvalue weighted by Crippen LogP contribution is 2.45. The molecule has 0 aromatic heterocycles. The first-order chi connectivity index (χ1) is 39.8. The molecule has 19 heteroatoms. The Morgan fingerprint density at radius 1 is 0.349 bits per heavy atom. The second kappa shape index (κ2) is 55.4. The normalized spacial score (nSPS) is 15.0. The lowest BCUT2D eigenvalue weighted by molar-refractivity contribution is -0.161. The monoisotopic (exact) mass is 1230 g/mol. The summed E-state index contributed by atoms with van der Waals surface area (Å²) in [7, 11) is -9.88. The maximum absolute atomic E-state index is 13.0. The van der Waals surface area contributed by atoms with E-state index < -0.39 is 97.5 Å². The van der Waals surface area contributed by atoms with Crippen molar-refractivity contribution in [1.82, 2.24) is 0 Å². The number of esters is 4. The molecule has 0 bridgehead atoms. The molecule has 0 rings (SSSR count). The van der Waals surface area contributed by atoms with Crippen LogP contribution in [-0.2, 0) is 65.4 Å². The lowest BCUT2D eigenvalue weighted by Crippen LogP contribution is -2.30. The molecular weight excluding hydrogens is 1100 g/mol. The minimum atomic E-state index is -4.94. The van der Waals surface area contributed by atoms with Crippen molar-refractivity contribution in [2.45, 2.75) is 330 Å². The molecule has 4 unspecified atom stereocenters. The number of hydrogen-bond acceptors (Lipinski definition) is 15. The highest BCUT2D eigenvalue weighted by molar-refractivity contribution is 7.47. The molecule has 0 saturated carbocycles. The number of unbranched alkanes of at least 4 members (excludes halogenated alkanes) is 28. The van der Waals surface area contributed by atoms with Crippen LogP contribution >= 0.6 is 15.6 Å². The number of ether oxygens (including phenoxy) is 4. The minimum absolute atomic E-state index is 0.104. The maximum atomic E-state index is 13.0. The number of aliphatic hydroxyl groups is 1. The highest BCUT2D eigenvalue weighted by Gasteiger charge is 2.30. The third kappa shape index (κ3) is 56.3. The number of rotatable bonds is 62. The zero-order valence-electron chi connectivity index (χ0n) is 53.6. The van der Waals surface area contributed by atoms with Crippen LogP contribution in [0, 0.1) is 17.8 Å². The summed E-state index contributed by atoms with van der Waals surface area (Å²) in [5.74, 6) is 0.166. The van der Waals surface area contributed by atoms with Gasteiger partial charge in [0.05, 0.1) is 26.4 Å². The largest absolute Gasteiger partial charge is 0.472 e. The van der Waals surface area contributed by atoms with Crippen molar-refractivity contribution in [2.75, 3.05) is 39.6 Å². The summed E-state index contributed by atoms with van der Waals surface area (Å²) in [5, 5.41) is 10.5. The van der Waals surface area contributed by atoms with E-state index in [9.17, 15) is 43.2 Å². The van der Waals surface area contributed by atoms with E-state index in [2.05, 4.69) is 48.5 Å². The van der Waals surface area contributed by atoms with Crippen molar-refractivity contribution in [3.8, 4) is 0 Å². The van der Waals surface area contributed by atoms with E-state index in [1.165, 1.54) is 116 Å². The molecule has 83 heavy (non-hydrogen) atoms. The number of carbonyl (C=O) groups is 4. The molecule has 0 aliphatic rings. The van der Waals surface area contributed by atoms with Gasteiger partial charge in [0.2, 0.25) is 0 Å².